The minimum atomic E-state index is -0.362. The van der Waals surface area contributed by atoms with Crippen LogP contribution in [0.15, 0.2) is 78.9 Å². The summed E-state index contributed by atoms with van der Waals surface area (Å²) in [5.41, 5.74) is 3.54. The first-order chi connectivity index (χ1) is 13.2. The highest BCUT2D eigenvalue weighted by atomic mass is 16.2. The van der Waals surface area contributed by atoms with Gasteiger partial charge in [-0.2, -0.15) is 5.26 Å². The number of hydrogen-bond donors (Lipinski definition) is 2. The number of amides is 2. The van der Waals surface area contributed by atoms with E-state index in [2.05, 4.69) is 10.6 Å². The van der Waals surface area contributed by atoms with Gasteiger partial charge >= 0.3 is 0 Å². The number of hydrogen-bond acceptors (Lipinski definition) is 3. The zero-order valence-electron chi connectivity index (χ0n) is 14.5. The average Bonchev–Trinajstić information content (AvgIpc) is 2.73. The number of rotatable bonds is 5. The first kappa shape index (κ1) is 17.9. The van der Waals surface area contributed by atoms with Gasteiger partial charge in [0.05, 0.1) is 18.2 Å². The van der Waals surface area contributed by atoms with Crippen molar-refractivity contribution in [1.29, 1.82) is 5.26 Å². The maximum Gasteiger partial charge on any atom is 0.251 e. The fraction of sp³-hybridized carbons (Fsp3) is 0.0455. The molecule has 0 aliphatic heterocycles. The number of anilines is 1. The second kappa shape index (κ2) is 8.45. The van der Waals surface area contributed by atoms with Gasteiger partial charge in [-0.15, -0.1) is 0 Å². The molecule has 27 heavy (non-hydrogen) atoms. The van der Waals surface area contributed by atoms with Crippen molar-refractivity contribution in [1.82, 2.24) is 5.32 Å². The number of carbonyl (C=O) groups is 2. The van der Waals surface area contributed by atoms with Gasteiger partial charge in [-0.05, 0) is 41.5 Å². The summed E-state index contributed by atoms with van der Waals surface area (Å²) in [7, 11) is 0. The lowest BCUT2D eigenvalue weighted by Crippen LogP contribution is -2.32. The predicted octanol–water partition coefficient (Wildman–Crippen LogP) is 3.59. The van der Waals surface area contributed by atoms with E-state index in [9.17, 15) is 9.59 Å². The molecule has 0 aromatic heterocycles. The van der Waals surface area contributed by atoms with Crippen LogP contribution >= 0.6 is 0 Å². The van der Waals surface area contributed by atoms with E-state index in [0.29, 0.717) is 16.8 Å². The molecule has 0 saturated heterocycles. The highest BCUT2D eigenvalue weighted by Gasteiger charge is 2.09. The van der Waals surface area contributed by atoms with Crippen LogP contribution in [-0.4, -0.2) is 18.4 Å². The Balaban J connectivity index is 1.56. The van der Waals surface area contributed by atoms with E-state index in [1.165, 1.54) is 0 Å². The lowest BCUT2D eigenvalue weighted by Gasteiger charge is -2.08. The smallest absolute Gasteiger partial charge is 0.251 e. The lowest BCUT2D eigenvalue weighted by atomic mass is 10.0. The topological polar surface area (TPSA) is 82.0 Å². The molecular formula is C22H17N3O2. The van der Waals surface area contributed by atoms with Gasteiger partial charge in [0, 0.05) is 11.3 Å². The Hall–Kier alpha value is -3.91. The summed E-state index contributed by atoms with van der Waals surface area (Å²) < 4.78 is 0. The molecule has 5 heteroatoms. The van der Waals surface area contributed by atoms with E-state index in [0.717, 1.165) is 11.1 Å². The van der Waals surface area contributed by atoms with E-state index >= 15 is 0 Å². The summed E-state index contributed by atoms with van der Waals surface area (Å²) in [5.74, 6) is -0.685. The van der Waals surface area contributed by atoms with Crippen molar-refractivity contribution in [2.24, 2.45) is 0 Å². The molecular weight excluding hydrogens is 338 g/mol. The molecule has 0 aliphatic rings. The summed E-state index contributed by atoms with van der Waals surface area (Å²) in [5, 5.41) is 14.1. The first-order valence-corrected chi connectivity index (χ1v) is 8.39. The van der Waals surface area contributed by atoms with Gasteiger partial charge in [-0.3, -0.25) is 9.59 Å². The van der Waals surface area contributed by atoms with E-state index in [1.807, 2.05) is 48.5 Å². The quantitative estimate of drug-likeness (QED) is 0.734. The lowest BCUT2D eigenvalue weighted by molar-refractivity contribution is -0.115. The Bertz CT molecular complexity index is 990. The molecule has 0 fully saturated rings. The molecule has 2 amide bonds. The Morgan fingerprint density at radius 3 is 2.26 bits per heavy atom. The number of carbonyl (C=O) groups excluding carboxylic acids is 2. The summed E-state index contributed by atoms with van der Waals surface area (Å²) in [6.07, 6.45) is 0. The molecule has 0 aliphatic carbocycles. The van der Waals surface area contributed by atoms with Crippen LogP contribution in [0.3, 0.4) is 0 Å². The van der Waals surface area contributed by atoms with Crippen molar-refractivity contribution in [2.45, 2.75) is 0 Å². The van der Waals surface area contributed by atoms with Crippen molar-refractivity contribution in [3.63, 3.8) is 0 Å². The van der Waals surface area contributed by atoms with E-state index < -0.39 is 0 Å². The molecule has 3 aromatic rings. The molecule has 132 valence electrons. The maximum absolute atomic E-state index is 12.2. The van der Waals surface area contributed by atoms with Gasteiger partial charge in [-0.25, -0.2) is 0 Å². The minimum Gasteiger partial charge on any atom is -0.343 e. The van der Waals surface area contributed by atoms with Crippen molar-refractivity contribution < 1.29 is 9.59 Å². The maximum atomic E-state index is 12.2. The largest absolute Gasteiger partial charge is 0.343 e. The van der Waals surface area contributed by atoms with Crippen molar-refractivity contribution in [3.05, 3.63) is 90.0 Å². The van der Waals surface area contributed by atoms with Crippen LogP contribution in [0.5, 0.6) is 0 Å². The van der Waals surface area contributed by atoms with E-state index in [-0.39, 0.29) is 18.4 Å². The summed E-state index contributed by atoms with van der Waals surface area (Å²) in [6, 6.07) is 25.7. The van der Waals surface area contributed by atoms with Crippen LogP contribution in [0.2, 0.25) is 0 Å². The monoisotopic (exact) mass is 355 g/mol. The highest BCUT2D eigenvalue weighted by Crippen LogP contribution is 2.19. The third-order valence-electron chi connectivity index (χ3n) is 3.94. The Morgan fingerprint density at radius 1 is 0.852 bits per heavy atom. The normalized spacial score (nSPS) is 9.89. The molecule has 0 bridgehead atoms. The number of nitriles is 1. The second-order valence-electron chi connectivity index (χ2n) is 5.87. The number of nitrogens with one attached hydrogen (secondary N) is 2. The van der Waals surface area contributed by atoms with Crippen molar-refractivity contribution in [3.8, 4) is 17.2 Å². The fourth-order valence-electron chi connectivity index (χ4n) is 2.58. The van der Waals surface area contributed by atoms with E-state index in [4.69, 9.17) is 5.26 Å². The number of nitrogens with zero attached hydrogens (tertiary/aromatic N) is 1. The van der Waals surface area contributed by atoms with Crippen LogP contribution in [0.25, 0.3) is 11.1 Å². The molecule has 3 aromatic carbocycles. The SMILES string of the molecule is N#Cc1cccc(NC(=O)CNC(=O)c2ccc(-c3ccccc3)cc2)c1. The highest BCUT2D eigenvalue weighted by molar-refractivity contribution is 5.99. The zero-order valence-corrected chi connectivity index (χ0v) is 14.5. The molecule has 0 radical (unpaired) electrons. The Morgan fingerprint density at radius 2 is 1.56 bits per heavy atom. The van der Waals surface area contributed by atoms with Crippen molar-refractivity contribution in [2.75, 3.05) is 11.9 Å². The van der Waals surface area contributed by atoms with Crippen LogP contribution in [0.1, 0.15) is 15.9 Å². The van der Waals surface area contributed by atoms with Crippen molar-refractivity contribution >= 4 is 17.5 Å². The van der Waals surface area contributed by atoms with Gasteiger partial charge < -0.3 is 10.6 Å². The molecule has 5 nitrogen and oxygen atoms in total. The van der Waals surface area contributed by atoms with Gasteiger partial charge in [0.25, 0.3) is 5.91 Å². The second-order valence-corrected chi connectivity index (χ2v) is 5.87. The zero-order chi connectivity index (χ0) is 19.1. The molecule has 0 heterocycles. The molecule has 2 N–H and O–H groups in total. The Labute approximate surface area is 157 Å². The van der Waals surface area contributed by atoms with Crippen LogP contribution < -0.4 is 10.6 Å². The van der Waals surface area contributed by atoms with Gasteiger partial charge in [0.1, 0.15) is 0 Å². The minimum absolute atomic E-state index is 0.157. The molecule has 0 unspecified atom stereocenters. The third kappa shape index (κ3) is 4.80. The van der Waals surface area contributed by atoms with Gasteiger partial charge in [0.15, 0.2) is 0 Å². The standard InChI is InChI=1S/C22H17N3O2/c23-14-16-5-4-8-20(13-16)25-21(26)15-24-22(27)19-11-9-18(10-12-19)17-6-2-1-3-7-17/h1-13H,15H2,(H,24,27)(H,25,26). The Kier molecular flexibility index (Phi) is 5.60. The van der Waals surface area contributed by atoms with Crippen LogP contribution in [0.4, 0.5) is 5.69 Å². The summed E-state index contributed by atoms with van der Waals surface area (Å²) in [4.78, 5) is 24.2. The molecule has 0 atom stereocenters. The predicted molar refractivity (Wildman–Crippen MR) is 104 cm³/mol. The van der Waals surface area contributed by atoms with Crippen LogP contribution in [0, 0.1) is 11.3 Å². The molecule has 0 saturated carbocycles. The molecule has 3 rings (SSSR count). The molecule has 0 spiro atoms. The third-order valence-corrected chi connectivity index (χ3v) is 3.94. The average molecular weight is 355 g/mol. The van der Waals surface area contributed by atoms with Gasteiger partial charge in [-0.1, -0.05) is 48.5 Å². The van der Waals surface area contributed by atoms with Crippen LogP contribution in [-0.2, 0) is 4.79 Å². The van der Waals surface area contributed by atoms with Gasteiger partial charge in [0.2, 0.25) is 5.91 Å². The van der Waals surface area contributed by atoms with E-state index in [1.54, 1.807) is 36.4 Å². The summed E-state index contributed by atoms with van der Waals surface area (Å²) >= 11 is 0. The summed E-state index contributed by atoms with van der Waals surface area (Å²) in [6.45, 7) is -0.157. The first-order valence-electron chi connectivity index (χ1n) is 8.39. The number of benzene rings is 3. The fourth-order valence-corrected chi connectivity index (χ4v) is 2.58.